The second kappa shape index (κ2) is 6.74. The van der Waals surface area contributed by atoms with Crippen molar-refractivity contribution in [2.75, 3.05) is 5.33 Å². The third-order valence-electron chi connectivity index (χ3n) is 3.93. The molecular weight excluding hydrogens is 336 g/mol. The van der Waals surface area contributed by atoms with Crippen LogP contribution in [0.2, 0.25) is 0 Å². The molecule has 0 unspecified atom stereocenters. The van der Waals surface area contributed by atoms with E-state index in [1.807, 2.05) is 0 Å². The minimum atomic E-state index is -2.49. The minimum Gasteiger partial charge on any atom is -0.206 e. The first-order valence-corrected chi connectivity index (χ1v) is 7.71. The highest BCUT2D eigenvalue weighted by atomic mass is 79.9. The Balaban J connectivity index is 2.16. The van der Waals surface area contributed by atoms with Crippen LogP contribution in [0.1, 0.15) is 42.7 Å². The molecule has 0 atom stereocenters. The highest BCUT2D eigenvalue weighted by Gasteiger charge is 2.23. The summed E-state index contributed by atoms with van der Waals surface area (Å²) in [5.41, 5.74) is 0.106. The van der Waals surface area contributed by atoms with Crippen LogP contribution in [0.3, 0.4) is 0 Å². The van der Waals surface area contributed by atoms with Gasteiger partial charge in [0.1, 0.15) is 5.82 Å². The number of rotatable bonds is 3. The molecule has 2 rings (SSSR count). The zero-order valence-corrected chi connectivity index (χ0v) is 12.4. The lowest BCUT2D eigenvalue weighted by Gasteiger charge is -2.27. The van der Waals surface area contributed by atoms with Gasteiger partial charge in [0.05, 0.1) is 5.56 Å². The van der Waals surface area contributed by atoms with Gasteiger partial charge in [0, 0.05) is 5.33 Å². The van der Waals surface area contributed by atoms with Crippen LogP contribution in [-0.4, -0.2) is 5.33 Å². The molecule has 0 aliphatic heterocycles. The minimum absolute atomic E-state index is 0.233. The van der Waals surface area contributed by atoms with Crippen molar-refractivity contribution in [1.82, 2.24) is 0 Å². The number of benzene rings is 1. The molecule has 0 spiro atoms. The lowest BCUT2D eigenvalue weighted by atomic mass is 9.79. The average Bonchev–Trinajstić information content (AvgIpc) is 2.46. The molecule has 20 heavy (non-hydrogen) atoms. The number of halogens is 5. The average molecular weight is 351 g/mol. The summed E-state index contributed by atoms with van der Waals surface area (Å²) in [5.74, 6) is -1.82. The van der Waals surface area contributed by atoms with Crippen molar-refractivity contribution in [2.45, 2.75) is 31.6 Å². The number of hydrogen-bond donors (Lipinski definition) is 0. The van der Waals surface area contributed by atoms with Crippen molar-refractivity contribution < 1.29 is 17.6 Å². The third kappa shape index (κ3) is 3.43. The van der Waals surface area contributed by atoms with Crippen LogP contribution in [-0.2, 0) is 0 Å². The van der Waals surface area contributed by atoms with E-state index in [1.165, 1.54) is 6.07 Å². The summed E-state index contributed by atoms with van der Waals surface area (Å²) in [6.07, 6.45) is 1.53. The predicted molar refractivity (Wildman–Crippen MR) is 75.1 cm³/mol. The lowest BCUT2D eigenvalue weighted by Crippen LogP contribution is -2.14. The molecule has 0 bridgehead atoms. The normalized spacial score (nSPS) is 22.6. The molecule has 0 aromatic heterocycles. The maximum atomic E-state index is 13.7. The lowest BCUT2D eigenvalue weighted by molar-refractivity contribution is 0.353. The second-order valence-corrected chi connectivity index (χ2v) is 5.83. The van der Waals surface area contributed by atoms with Crippen molar-refractivity contribution in [3.8, 4) is 0 Å². The second-order valence-electron chi connectivity index (χ2n) is 5.19. The topological polar surface area (TPSA) is 0 Å². The smallest absolute Gasteiger partial charge is 0.206 e. The van der Waals surface area contributed by atoms with Crippen LogP contribution in [0, 0.1) is 11.7 Å². The van der Waals surface area contributed by atoms with E-state index in [2.05, 4.69) is 15.9 Å². The van der Waals surface area contributed by atoms with Crippen LogP contribution in [0.25, 0.3) is 5.83 Å². The predicted octanol–water partition coefficient (Wildman–Crippen LogP) is 6.03. The molecule has 0 heterocycles. The van der Waals surface area contributed by atoms with Gasteiger partial charge in [-0.2, -0.15) is 8.78 Å². The van der Waals surface area contributed by atoms with Crippen LogP contribution in [0.5, 0.6) is 0 Å². The molecule has 1 aromatic carbocycles. The zero-order valence-electron chi connectivity index (χ0n) is 10.8. The number of alkyl halides is 1. The largest absolute Gasteiger partial charge is 0.306 e. The molecule has 0 saturated heterocycles. The van der Waals surface area contributed by atoms with Gasteiger partial charge in [0.25, 0.3) is 0 Å². The molecule has 1 aliphatic carbocycles. The van der Waals surface area contributed by atoms with Gasteiger partial charge in [-0.05, 0) is 55.2 Å². The van der Waals surface area contributed by atoms with Crippen molar-refractivity contribution in [2.24, 2.45) is 5.92 Å². The Bertz CT molecular complexity index is 501. The highest BCUT2D eigenvalue weighted by Crippen LogP contribution is 2.37. The van der Waals surface area contributed by atoms with Crippen molar-refractivity contribution in [3.63, 3.8) is 0 Å². The maximum absolute atomic E-state index is 13.7. The van der Waals surface area contributed by atoms with Crippen LogP contribution in [0.4, 0.5) is 17.6 Å². The van der Waals surface area contributed by atoms with Gasteiger partial charge < -0.3 is 0 Å². The van der Waals surface area contributed by atoms with E-state index < -0.39 is 23.3 Å². The first-order chi connectivity index (χ1) is 9.52. The Morgan fingerprint density at radius 2 is 1.75 bits per heavy atom. The molecule has 1 fully saturated rings. The van der Waals surface area contributed by atoms with Crippen molar-refractivity contribution >= 4 is 21.8 Å². The monoisotopic (exact) mass is 350 g/mol. The van der Waals surface area contributed by atoms with E-state index in [4.69, 9.17) is 0 Å². The van der Waals surface area contributed by atoms with Crippen LogP contribution in [0.15, 0.2) is 24.3 Å². The summed E-state index contributed by atoms with van der Waals surface area (Å²) >= 11 is 3.46. The maximum Gasteiger partial charge on any atom is 0.306 e. The standard InChI is InChI=1S/C15H15BrF4/c16-8-9-1-3-10(4-2-9)11-5-6-12(13(17)7-11)14(18)15(19)20/h5-7,9-10H,1-4,8H2/t9-,10-. The van der Waals surface area contributed by atoms with E-state index in [1.54, 1.807) is 6.07 Å². The molecule has 1 aromatic rings. The van der Waals surface area contributed by atoms with E-state index in [0.717, 1.165) is 42.6 Å². The fourth-order valence-corrected chi connectivity index (χ4v) is 3.36. The summed E-state index contributed by atoms with van der Waals surface area (Å²) < 4.78 is 51.1. The van der Waals surface area contributed by atoms with Crippen molar-refractivity contribution in [1.29, 1.82) is 0 Å². The van der Waals surface area contributed by atoms with Crippen LogP contribution >= 0.6 is 15.9 Å². The van der Waals surface area contributed by atoms with Gasteiger partial charge in [-0.3, -0.25) is 0 Å². The Morgan fingerprint density at radius 1 is 1.10 bits per heavy atom. The van der Waals surface area contributed by atoms with Gasteiger partial charge in [0.15, 0.2) is 5.83 Å². The Morgan fingerprint density at radius 3 is 2.25 bits per heavy atom. The van der Waals surface area contributed by atoms with E-state index in [-0.39, 0.29) is 5.92 Å². The van der Waals surface area contributed by atoms with Gasteiger partial charge in [-0.15, -0.1) is 0 Å². The van der Waals surface area contributed by atoms with Gasteiger partial charge in [0.2, 0.25) is 0 Å². The molecule has 1 saturated carbocycles. The fourth-order valence-electron chi connectivity index (χ4n) is 2.72. The third-order valence-corrected chi connectivity index (χ3v) is 4.85. The van der Waals surface area contributed by atoms with E-state index in [0.29, 0.717) is 5.92 Å². The molecular formula is C15H15BrF4. The SMILES string of the molecule is FC(F)=C(F)c1ccc([C@H]2CC[C@H](CBr)CC2)cc1F. The molecule has 1 aliphatic rings. The fraction of sp³-hybridized carbons (Fsp3) is 0.467. The Labute approximate surface area is 124 Å². The van der Waals surface area contributed by atoms with E-state index in [9.17, 15) is 17.6 Å². The Hall–Kier alpha value is -0.840. The first-order valence-electron chi connectivity index (χ1n) is 6.59. The summed E-state index contributed by atoms with van der Waals surface area (Å²) in [6, 6.07) is 3.85. The molecule has 5 heteroatoms. The van der Waals surface area contributed by atoms with Gasteiger partial charge >= 0.3 is 6.08 Å². The quantitative estimate of drug-likeness (QED) is 0.461. The summed E-state index contributed by atoms with van der Waals surface area (Å²) in [6.45, 7) is 0. The van der Waals surface area contributed by atoms with Gasteiger partial charge in [-0.1, -0.05) is 22.0 Å². The molecule has 110 valence electrons. The zero-order chi connectivity index (χ0) is 14.7. The number of hydrogen-bond acceptors (Lipinski definition) is 0. The highest BCUT2D eigenvalue weighted by molar-refractivity contribution is 9.09. The molecule has 0 amide bonds. The Kier molecular flexibility index (Phi) is 5.24. The van der Waals surface area contributed by atoms with Crippen LogP contribution < -0.4 is 0 Å². The summed E-state index contributed by atoms with van der Waals surface area (Å²) in [5, 5.41) is 0.971. The van der Waals surface area contributed by atoms with Crippen molar-refractivity contribution in [3.05, 3.63) is 41.2 Å². The molecule has 0 nitrogen and oxygen atoms in total. The van der Waals surface area contributed by atoms with E-state index >= 15 is 0 Å². The summed E-state index contributed by atoms with van der Waals surface area (Å²) in [7, 11) is 0. The first kappa shape index (κ1) is 15.5. The molecule has 0 N–H and O–H groups in total. The summed E-state index contributed by atoms with van der Waals surface area (Å²) in [4.78, 5) is 0. The molecule has 0 radical (unpaired) electrons. The van der Waals surface area contributed by atoms with Gasteiger partial charge in [-0.25, -0.2) is 8.78 Å².